The van der Waals surface area contributed by atoms with E-state index in [9.17, 15) is 13.2 Å². The van der Waals surface area contributed by atoms with Crippen LogP contribution < -0.4 is 10.5 Å². The second-order valence-electron chi connectivity index (χ2n) is 5.38. The fraction of sp³-hybridized carbons (Fsp3) is 0.235. The van der Waals surface area contributed by atoms with Crippen LogP contribution in [0.2, 0.25) is 0 Å². The van der Waals surface area contributed by atoms with Crippen molar-refractivity contribution in [2.24, 2.45) is 5.14 Å². The van der Waals surface area contributed by atoms with Crippen molar-refractivity contribution in [3.05, 3.63) is 65.7 Å². The number of primary sulfonamides is 1. The van der Waals surface area contributed by atoms with Crippen molar-refractivity contribution in [3.8, 4) is 0 Å². The van der Waals surface area contributed by atoms with Crippen LogP contribution in [0, 0.1) is 0 Å². The molecule has 0 bridgehead atoms. The summed E-state index contributed by atoms with van der Waals surface area (Å²) in [5.41, 5.74) is 2.01. The molecule has 2 rings (SSSR count). The highest BCUT2D eigenvalue weighted by Gasteiger charge is 2.12. The normalized spacial score (nSPS) is 12.6. The molecule has 0 aliphatic carbocycles. The molecule has 0 aliphatic rings. The molecular weight excluding hydrogens is 344 g/mol. The van der Waals surface area contributed by atoms with Crippen molar-refractivity contribution in [1.82, 2.24) is 5.32 Å². The maximum absolute atomic E-state index is 12.0. The van der Waals surface area contributed by atoms with Crippen LogP contribution in [0.1, 0.15) is 24.1 Å². The van der Waals surface area contributed by atoms with Crippen molar-refractivity contribution >= 4 is 27.7 Å². The van der Waals surface area contributed by atoms with Crippen LogP contribution in [0.5, 0.6) is 0 Å². The molecule has 1 atom stereocenters. The number of carbonyl (C=O) groups excluding carboxylic acids is 1. The molecule has 3 N–H and O–H groups in total. The van der Waals surface area contributed by atoms with E-state index in [0.29, 0.717) is 5.75 Å². The lowest BCUT2D eigenvalue weighted by molar-refractivity contribution is -0.119. The smallest absolute Gasteiger partial charge is 0.238 e. The molecule has 0 aromatic heterocycles. The molecule has 2 aromatic rings. The van der Waals surface area contributed by atoms with Gasteiger partial charge in [-0.15, -0.1) is 11.8 Å². The van der Waals surface area contributed by atoms with E-state index in [-0.39, 0.29) is 16.8 Å². The number of amides is 1. The predicted molar refractivity (Wildman–Crippen MR) is 97.0 cm³/mol. The van der Waals surface area contributed by atoms with Crippen molar-refractivity contribution < 1.29 is 13.2 Å². The van der Waals surface area contributed by atoms with Gasteiger partial charge in [0.2, 0.25) is 15.9 Å². The van der Waals surface area contributed by atoms with E-state index < -0.39 is 10.0 Å². The zero-order valence-corrected chi connectivity index (χ0v) is 14.9. The predicted octanol–water partition coefficient (Wildman–Crippen LogP) is 2.44. The van der Waals surface area contributed by atoms with Crippen LogP contribution in [0.4, 0.5) is 0 Å². The molecule has 2 aromatic carbocycles. The first kappa shape index (κ1) is 18.5. The van der Waals surface area contributed by atoms with E-state index in [1.807, 2.05) is 37.3 Å². The van der Waals surface area contributed by atoms with Crippen molar-refractivity contribution in [3.63, 3.8) is 0 Å². The summed E-state index contributed by atoms with van der Waals surface area (Å²) in [6, 6.07) is 16.0. The van der Waals surface area contributed by atoms with E-state index in [0.717, 1.165) is 11.3 Å². The molecule has 0 saturated carbocycles. The van der Waals surface area contributed by atoms with Crippen molar-refractivity contribution in [1.29, 1.82) is 0 Å². The van der Waals surface area contributed by atoms with E-state index in [1.165, 1.54) is 17.7 Å². The average Bonchev–Trinajstić information content (AvgIpc) is 2.55. The van der Waals surface area contributed by atoms with Gasteiger partial charge >= 0.3 is 0 Å². The highest BCUT2D eigenvalue weighted by molar-refractivity contribution is 7.99. The third-order valence-corrected chi connectivity index (χ3v) is 5.36. The van der Waals surface area contributed by atoms with Gasteiger partial charge in [-0.2, -0.15) is 0 Å². The molecule has 0 heterocycles. The molecule has 128 valence electrons. The molecule has 0 aliphatic heterocycles. The summed E-state index contributed by atoms with van der Waals surface area (Å²) in [4.78, 5) is 12.1. The van der Waals surface area contributed by atoms with Gasteiger partial charge in [-0.05, 0) is 30.2 Å². The number of carbonyl (C=O) groups is 1. The molecule has 0 spiro atoms. The van der Waals surface area contributed by atoms with Crippen LogP contribution in [0.15, 0.2) is 59.5 Å². The monoisotopic (exact) mass is 364 g/mol. The maximum Gasteiger partial charge on any atom is 0.238 e. The lowest BCUT2D eigenvalue weighted by Crippen LogP contribution is -2.28. The third-order valence-electron chi connectivity index (χ3n) is 3.43. The Labute approximate surface area is 146 Å². The minimum absolute atomic E-state index is 0.0565. The third kappa shape index (κ3) is 5.67. The van der Waals surface area contributed by atoms with E-state index in [1.54, 1.807) is 23.9 Å². The fourth-order valence-corrected chi connectivity index (χ4v) is 3.46. The van der Waals surface area contributed by atoms with E-state index in [4.69, 9.17) is 5.14 Å². The lowest BCUT2D eigenvalue weighted by Gasteiger charge is -2.14. The number of thioether (sulfide) groups is 1. The summed E-state index contributed by atoms with van der Waals surface area (Å²) in [6.07, 6.45) is 0. The number of rotatable bonds is 7. The Balaban J connectivity index is 1.83. The first-order valence-electron chi connectivity index (χ1n) is 7.40. The minimum Gasteiger partial charge on any atom is -0.349 e. The van der Waals surface area contributed by atoms with Gasteiger partial charge in [0.1, 0.15) is 0 Å². The Morgan fingerprint density at radius 1 is 1.12 bits per heavy atom. The van der Waals surface area contributed by atoms with Crippen molar-refractivity contribution in [2.45, 2.75) is 23.6 Å². The molecule has 24 heavy (non-hydrogen) atoms. The van der Waals surface area contributed by atoms with Gasteiger partial charge in [-0.25, -0.2) is 13.6 Å². The molecule has 1 amide bonds. The number of hydrogen-bond donors (Lipinski definition) is 2. The van der Waals surface area contributed by atoms with Gasteiger partial charge in [0.15, 0.2) is 0 Å². The Morgan fingerprint density at radius 2 is 1.75 bits per heavy atom. The second-order valence-corrected chi connectivity index (χ2v) is 7.93. The summed E-state index contributed by atoms with van der Waals surface area (Å²) in [6.45, 7) is 1.85. The zero-order chi connectivity index (χ0) is 17.6. The highest BCUT2D eigenvalue weighted by atomic mass is 32.2. The fourth-order valence-electron chi connectivity index (χ4n) is 2.15. The number of nitrogens with two attached hydrogens (primary N) is 1. The highest BCUT2D eigenvalue weighted by Crippen LogP contribution is 2.16. The van der Waals surface area contributed by atoms with Gasteiger partial charge in [0, 0.05) is 5.75 Å². The Morgan fingerprint density at radius 3 is 2.33 bits per heavy atom. The Kier molecular flexibility index (Phi) is 6.42. The average molecular weight is 364 g/mol. The summed E-state index contributed by atoms with van der Waals surface area (Å²) in [7, 11) is -3.70. The van der Waals surface area contributed by atoms with Gasteiger partial charge in [0.25, 0.3) is 0 Å². The first-order chi connectivity index (χ1) is 11.4. The van der Waals surface area contributed by atoms with Gasteiger partial charge in [-0.3, -0.25) is 4.79 Å². The summed E-state index contributed by atoms with van der Waals surface area (Å²) in [5, 5.41) is 7.97. The standard InChI is InChI=1S/C17H20N2O3S2/c1-13(15-7-9-16(10-8-15)24(18,21)22)19-17(20)12-23-11-14-5-3-2-4-6-14/h2-10,13H,11-12H2,1H3,(H,19,20)(H2,18,21,22). The van der Waals surface area contributed by atoms with E-state index >= 15 is 0 Å². The molecular formula is C17H20N2O3S2. The zero-order valence-electron chi connectivity index (χ0n) is 13.3. The van der Waals surface area contributed by atoms with Crippen LogP contribution in [0.3, 0.4) is 0 Å². The number of hydrogen-bond acceptors (Lipinski definition) is 4. The van der Waals surface area contributed by atoms with E-state index in [2.05, 4.69) is 5.32 Å². The van der Waals surface area contributed by atoms with Crippen LogP contribution in [0.25, 0.3) is 0 Å². The number of benzene rings is 2. The molecule has 0 fully saturated rings. The second kappa shape index (κ2) is 8.32. The van der Waals surface area contributed by atoms with Crippen molar-refractivity contribution in [2.75, 3.05) is 5.75 Å². The molecule has 5 nitrogen and oxygen atoms in total. The largest absolute Gasteiger partial charge is 0.349 e. The molecule has 0 saturated heterocycles. The Bertz CT molecular complexity index is 775. The van der Waals surface area contributed by atoms with Crippen LogP contribution >= 0.6 is 11.8 Å². The summed E-state index contributed by atoms with van der Waals surface area (Å²) in [5.74, 6) is 1.10. The Hall–Kier alpha value is -1.83. The molecule has 0 radical (unpaired) electrons. The van der Waals surface area contributed by atoms with Gasteiger partial charge < -0.3 is 5.32 Å². The lowest BCUT2D eigenvalue weighted by atomic mass is 10.1. The first-order valence-corrected chi connectivity index (χ1v) is 10.1. The minimum atomic E-state index is -3.70. The van der Waals surface area contributed by atoms with Gasteiger partial charge in [0.05, 0.1) is 16.7 Å². The topological polar surface area (TPSA) is 89.3 Å². The summed E-state index contributed by atoms with van der Waals surface area (Å²) < 4.78 is 22.5. The van der Waals surface area contributed by atoms with Gasteiger partial charge in [-0.1, -0.05) is 42.5 Å². The van der Waals surface area contributed by atoms with Crippen LogP contribution in [-0.4, -0.2) is 20.1 Å². The molecule has 7 heteroatoms. The number of nitrogens with one attached hydrogen (secondary N) is 1. The quantitative estimate of drug-likeness (QED) is 0.790. The SMILES string of the molecule is CC(NC(=O)CSCc1ccccc1)c1ccc(S(N)(=O)=O)cc1. The molecule has 1 unspecified atom stereocenters. The maximum atomic E-state index is 12.0. The summed E-state index contributed by atoms with van der Waals surface area (Å²) >= 11 is 1.55. The number of sulfonamides is 1. The van der Waals surface area contributed by atoms with Crippen LogP contribution in [-0.2, 0) is 20.6 Å².